The van der Waals surface area contributed by atoms with Crippen LogP contribution in [0.3, 0.4) is 0 Å². The molecule has 3 rings (SSSR count). The van der Waals surface area contributed by atoms with Gasteiger partial charge in [-0.3, -0.25) is 9.69 Å². The predicted octanol–water partition coefficient (Wildman–Crippen LogP) is 5.59. The van der Waals surface area contributed by atoms with Crippen molar-refractivity contribution in [2.75, 3.05) is 20.2 Å². The largest absolute Gasteiger partial charge is 0.497 e. The molecule has 1 unspecified atom stereocenters. The molecule has 1 fully saturated rings. The second-order valence-corrected chi connectivity index (χ2v) is 8.82. The van der Waals surface area contributed by atoms with Crippen molar-refractivity contribution in [1.82, 2.24) is 10.2 Å². The Bertz CT molecular complexity index is 776. The number of carbonyl (C=O) groups excluding carboxylic acids is 1. The van der Waals surface area contributed by atoms with Gasteiger partial charge >= 0.3 is 0 Å². The van der Waals surface area contributed by atoms with Gasteiger partial charge in [-0.25, -0.2) is 0 Å². The Morgan fingerprint density at radius 3 is 2.17 bits per heavy atom. The Balaban J connectivity index is 1.64. The summed E-state index contributed by atoms with van der Waals surface area (Å²) in [4.78, 5) is 15.5. The molecule has 0 aromatic heterocycles. The smallest absolute Gasteiger partial charge is 0.251 e. The quantitative estimate of drug-likeness (QED) is 0.619. The first-order chi connectivity index (χ1) is 14.5. The van der Waals surface area contributed by atoms with Gasteiger partial charge in [0.2, 0.25) is 0 Å². The molecule has 0 bridgehead atoms. The monoisotopic (exact) mass is 408 g/mol. The Morgan fingerprint density at radius 1 is 0.967 bits per heavy atom. The van der Waals surface area contributed by atoms with Crippen LogP contribution in [0.25, 0.3) is 0 Å². The number of nitrogens with zero attached hydrogens (tertiary/aromatic N) is 1. The van der Waals surface area contributed by atoms with Crippen molar-refractivity contribution in [3.63, 3.8) is 0 Å². The van der Waals surface area contributed by atoms with Crippen LogP contribution in [0.15, 0.2) is 48.5 Å². The van der Waals surface area contributed by atoms with Crippen molar-refractivity contribution in [1.29, 1.82) is 0 Å². The molecule has 0 aliphatic carbocycles. The van der Waals surface area contributed by atoms with E-state index in [2.05, 4.69) is 36.2 Å². The number of methoxy groups -OCH3 is 1. The molecule has 1 amide bonds. The number of likely N-dealkylation sites (tertiary alicyclic amines) is 1. The van der Waals surface area contributed by atoms with E-state index in [4.69, 9.17) is 4.74 Å². The third-order valence-corrected chi connectivity index (χ3v) is 5.85. The summed E-state index contributed by atoms with van der Waals surface area (Å²) < 4.78 is 5.26. The molecule has 162 valence electrons. The molecule has 1 atom stereocenters. The van der Waals surface area contributed by atoms with Gasteiger partial charge in [0.15, 0.2) is 0 Å². The van der Waals surface area contributed by atoms with Crippen molar-refractivity contribution in [3.05, 3.63) is 65.2 Å². The van der Waals surface area contributed by atoms with Crippen molar-refractivity contribution < 1.29 is 9.53 Å². The second kappa shape index (κ2) is 11.2. The van der Waals surface area contributed by atoms with Crippen LogP contribution in [0.1, 0.15) is 73.5 Å². The highest BCUT2D eigenvalue weighted by molar-refractivity contribution is 5.94. The summed E-state index contributed by atoms with van der Waals surface area (Å²) in [5.74, 6) is 1.29. The Kier molecular flexibility index (Phi) is 8.32. The minimum Gasteiger partial charge on any atom is -0.497 e. The average Bonchev–Trinajstić information content (AvgIpc) is 3.02. The summed E-state index contributed by atoms with van der Waals surface area (Å²) in [6.45, 7) is 7.70. The lowest BCUT2D eigenvalue weighted by Crippen LogP contribution is -2.29. The fourth-order valence-electron chi connectivity index (χ4n) is 4.14. The summed E-state index contributed by atoms with van der Waals surface area (Å²) in [5, 5.41) is 3.24. The van der Waals surface area contributed by atoms with Gasteiger partial charge in [0, 0.05) is 12.1 Å². The van der Waals surface area contributed by atoms with E-state index >= 15 is 0 Å². The van der Waals surface area contributed by atoms with E-state index in [1.807, 2.05) is 36.4 Å². The summed E-state index contributed by atoms with van der Waals surface area (Å²) in [7, 11) is 1.67. The van der Waals surface area contributed by atoms with E-state index in [0.717, 1.165) is 29.8 Å². The van der Waals surface area contributed by atoms with Gasteiger partial charge in [-0.2, -0.15) is 0 Å². The highest BCUT2D eigenvalue weighted by Gasteiger charge is 2.18. The van der Waals surface area contributed by atoms with Gasteiger partial charge in [0.25, 0.3) is 5.91 Å². The summed E-state index contributed by atoms with van der Waals surface area (Å²) in [5.41, 5.74) is 3.11. The summed E-state index contributed by atoms with van der Waals surface area (Å²) in [6.07, 6.45) is 6.18. The molecule has 1 aliphatic rings. The standard InChI is InChI=1S/C26H36N2O2/c1-20(2)18-25(22-12-14-24(30-3)15-13-22)27-26(29)23-10-8-21(9-11-23)19-28-16-6-4-5-7-17-28/h8-15,20,25H,4-7,16-19H2,1-3H3,(H,27,29). The molecule has 0 spiro atoms. The van der Waals surface area contributed by atoms with Crippen LogP contribution in [0, 0.1) is 5.92 Å². The SMILES string of the molecule is COc1ccc(C(CC(C)C)NC(=O)c2ccc(CN3CCCCCC3)cc2)cc1. The van der Waals surface area contributed by atoms with Crippen LogP contribution in [0.4, 0.5) is 0 Å². The van der Waals surface area contributed by atoms with Crippen molar-refractivity contribution in [2.24, 2.45) is 5.92 Å². The summed E-state index contributed by atoms with van der Waals surface area (Å²) in [6, 6.07) is 16.1. The van der Waals surface area contributed by atoms with Crippen LogP contribution in [0.5, 0.6) is 5.75 Å². The van der Waals surface area contributed by atoms with Crippen molar-refractivity contribution in [3.8, 4) is 5.75 Å². The van der Waals surface area contributed by atoms with Crippen LogP contribution < -0.4 is 10.1 Å². The van der Waals surface area contributed by atoms with Crippen LogP contribution >= 0.6 is 0 Å². The predicted molar refractivity (Wildman–Crippen MR) is 123 cm³/mol. The lowest BCUT2D eigenvalue weighted by atomic mass is 9.96. The highest BCUT2D eigenvalue weighted by atomic mass is 16.5. The fourth-order valence-corrected chi connectivity index (χ4v) is 4.14. The number of rotatable bonds is 8. The maximum Gasteiger partial charge on any atom is 0.251 e. The molecule has 30 heavy (non-hydrogen) atoms. The number of ether oxygens (including phenoxy) is 1. The van der Waals surface area contributed by atoms with E-state index < -0.39 is 0 Å². The zero-order chi connectivity index (χ0) is 21.3. The number of amides is 1. The van der Waals surface area contributed by atoms with E-state index in [9.17, 15) is 4.79 Å². The van der Waals surface area contributed by atoms with E-state index in [-0.39, 0.29) is 11.9 Å². The minimum absolute atomic E-state index is 0.0137. The molecule has 1 N–H and O–H groups in total. The maximum atomic E-state index is 12.9. The molecule has 1 aliphatic heterocycles. The molecule has 2 aromatic carbocycles. The van der Waals surface area contributed by atoms with Crippen molar-refractivity contribution in [2.45, 2.75) is 58.5 Å². The van der Waals surface area contributed by atoms with Crippen molar-refractivity contribution >= 4 is 5.91 Å². The zero-order valence-corrected chi connectivity index (χ0v) is 18.7. The number of benzene rings is 2. The molecular weight excluding hydrogens is 372 g/mol. The zero-order valence-electron chi connectivity index (χ0n) is 18.7. The lowest BCUT2D eigenvalue weighted by Gasteiger charge is -2.22. The van der Waals surface area contributed by atoms with Gasteiger partial charge in [-0.05, 0) is 73.7 Å². The van der Waals surface area contributed by atoms with Crippen LogP contribution in [-0.2, 0) is 6.54 Å². The Labute approximate surface area is 181 Å². The third-order valence-electron chi connectivity index (χ3n) is 5.85. The van der Waals surface area contributed by atoms with Crippen LogP contribution in [-0.4, -0.2) is 31.0 Å². The lowest BCUT2D eigenvalue weighted by molar-refractivity contribution is 0.0932. The van der Waals surface area contributed by atoms with Gasteiger partial charge in [-0.15, -0.1) is 0 Å². The second-order valence-electron chi connectivity index (χ2n) is 8.82. The van der Waals surface area contributed by atoms with Gasteiger partial charge < -0.3 is 10.1 Å². The normalized spacial score (nSPS) is 16.1. The maximum absolute atomic E-state index is 12.9. The Hall–Kier alpha value is -2.33. The number of hydrogen-bond donors (Lipinski definition) is 1. The minimum atomic E-state index is -0.0159. The number of nitrogens with one attached hydrogen (secondary N) is 1. The Morgan fingerprint density at radius 2 is 1.60 bits per heavy atom. The van der Waals surface area contributed by atoms with E-state index in [1.54, 1.807) is 7.11 Å². The van der Waals surface area contributed by atoms with E-state index in [0.29, 0.717) is 5.92 Å². The first-order valence-corrected chi connectivity index (χ1v) is 11.3. The molecule has 1 saturated heterocycles. The van der Waals surface area contributed by atoms with Gasteiger partial charge in [0.05, 0.1) is 13.2 Å². The van der Waals surface area contributed by atoms with E-state index in [1.165, 1.54) is 44.3 Å². The molecule has 2 aromatic rings. The first kappa shape index (κ1) is 22.4. The summed E-state index contributed by atoms with van der Waals surface area (Å²) >= 11 is 0. The highest BCUT2D eigenvalue weighted by Crippen LogP contribution is 2.24. The molecule has 0 radical (unpaired) electrons. The molecular formula is C26H36N2O2. The fraction of sp³-hybridized carbons (Fsp3) is 0.500. The van der Waals surface area contributed by atoms with Gasteiger partial charge in [-0.1, -0.05) is 51.0 Å². The average molecular weight is 409 g/mol. The topological polar surface area (TPSA) is 41.6 Å². The number of carbonyl (C=O) groups is 1. The third kappa shape index (κ3) is 6.60. The molecule has 4 nitrogen and oxygen atoms in total. The molecule has 0 saturated carbocycles. The molecule has 1 heterocycles. The number of hydrogen-bond acceptors (Lipinski definition) is 3. The van der Waals surface area contributed by atoms with Crippen LogP contribution in [0.2, 0.25) is 0 Å². The van der Waals surface area contributed by atoms with Gasteiger partial charge in [0.1, 0.15) is 5.75 Å². The molecule has 4 heteroatoms. The first-order valence-electron chi connectivity index (χ1n) is 11.3.